The number of anilines is 1. The first-order chi connectivity index (χ1) is 9.75. The van der Waals surface area contributed by atoms with Gasteiger partial charge in [-0.2, -0.15) is 13.2 Å². The SMILES string of the molecule is Cc1ccc(NC2=NCC(CC(C)C)S2)cc1C(F)(F)F. The average Bonchev–Trinajstić information content (AvgIpc) is 2.76. The summed E-state index contributed by atoms with van der Waals surface area (Å²) in [4.78, 5) is 4.37. The molecule has 0 saturated carbocycles. The first-order valence-corrected chi connectivity index (χ1v) is 7.79. The van der Waals surface area contributed by atoms with Crippen molar-refractivity contribution in [3.8, 4) is 0 Å². The number of alkyl halides is 3. The minimum absolute atomic E-state index is 0.228. The van der Waals surface area contributed by atoms with E-state index in [1.54, 1.807) is 17.8 Å². The number of nitrogens with one attached hydrogen (secondary N) is 1. The van der Waals surface area contributed by atoms with Crippen LogP contribution in [0, 0.1) is 12.8 Å². The summed E-state index contributed by atoms with van der Waals surface area (Å²) in [6.07, 6.45) is -3.27. The van der Waals surface area contributed by atoms with Gasteiger partial charge in [-0.25, -0.2) is 0 Å². The number of nitrogens with zero attached hydrogens (tertiary/aromatic N) is 1. The molecule has 0 bridgehead atoms. The van der Waals surface area contributed by atoms with Gasteiger partial charge in [0.15, 0.2) is 5.17 Å². The van der Waals surface area contributed by atoms with Crippen molar-refractivity contribution < 1.29 is 13.2 Å². The van der Waals surface area contributed by atoms with Crippen molar-refractivity contribution >= 4 is 22.6 Å². The molecular formula is C15H19F3N2S. The van der Waals surface area contributed by atoms with E-state index in [1.165, 1.54) is 13.0 Å². The van der Waals surface area contributed by atoms with Gasteiger partial charge in [0.25, 0.3) is 0 Å². The minimum atomic E-state index is -4.33. The summed E-state index contributed by atoms with van der Waals surface area (Å²) in [7, 11) is 0. The Morgan fingerprint density at radius 3 is 2.71 bits per heavy atom. The van der Waals surface area contributed by atoms with Crippen LogP contribution in [0.2, 0.25) is 0 Å². The molecule has 1 aromatic carbocycles. The zero-order valence-corrected chi connectivity index (χ0v) is 13.1. The van der Waals surface area contributed by atoms with E-state index < -0.39 is 11.7 Å². The summed E-state index contributed by atoms with van der Waals surface area (Å²) in [5.74, 6) is 0.591. The van der Waals surface area contributed by atoms with Gasteiger partial charge >= 0.3 is 6.18 Å². The maximum Gasteiger partial charge on any atom is 0.416 e. The Labute approximate surface area is 127 Å². The standard InChI is InChI=1S/C15H19F3N2S/c1-9(2)6-12-8-19-14(21-12)20-11-5-4-10(3)13(7-11)15(16,17)18/h4-5,7,9,12H,6,8H2,1-3H3,(H,19,20). The zero-order valence-electron chi connectivity index (χ0n) is 12.3. The van der Waals surface area contributed by atoms with E-state index in [0.717, 1.165) is 19.0 Å². The summed E-state index contributed by atoms with van der Waals surface area (Å²) >= 11 is 1.61. The number of thioether (sulfide) groups is 1. The Kier molecular flexibility index (Phi) is 4.86. The van der Waals surface area contributed by atoms with Crippen LogP contribution in [0.25, 0.3) is 0 Å². The average molecular weight is 316 g/mol. The van der Waals surface area contributed by atoms with E-state index in [-0.39, 0.29) is 5.56 Å². The largest absolute Gasteiger partial charge is 0.416 e. The van der Waals surface area contributed by atoms with E-state index >= 15 is 0 Å². The van der Waals surface area contributed by atoms with Gasteiger partial charge in [0.05, 0.1) is 12.1 Å². The summed E-state index contributed by atoms with van der Waals surface area (Å²) in [5, 5.41) is 4.12. The second-order valence-corrected chi connectivity index (χ2v) is 6.96. The van der Waals surface area contributed by atoms with Gasteiger partial charge in [0, 0.05) is 10.9 Å². The number of halogens is 3. The normalized spacial score (nSPS) is 19.0. The molecule has 21 heavy (non-hydrogen) atoms. The molecule has 6 heteroatoms. The van der Waals surface area contributed by atoms with Gasteiger partial charge in [-0.1, -0.05) is 31.7 Å². The lowest BCUT2D eigenvalue weighted by atomic mass is 10.1. The van der Waals surface area contributed by atoms with Crippen LogP contribution in [-0.4, -0.2) is 17.0 Å². The number of hydrogen-bond acceptors (Lipinski definition) is 3. The maximum absolute atomic E-state index is 12.9. The third-order valence-electron chi connectivity index (χ3n) is 3.25. The molecule has 0 spiro atoms. The topological polar surface area (TPSA) is 24.4 Å². The van der Waals surface area contributed by atoms with Gasteiger partial charge in [-0.05, 0) is 37.0 Å². The molecule has 0 saturated heterocycles. The number of rotatable bonds is 3. The maximum atomic E-state index is 12.9. The van der Waals surface area contributed by atoms with Crippen LogP contribution in [-0.2, 0) is 6.18 Å². The lowest BCUT2D eigenvalue weighted by Gasteiger charge is -2.14. The van der Waals surface area contributed by atoms with E-state index in [4.69, 9.17) is 0 Å². The van der Waals surface area contributed by atoms with Gasteiger partial charge in [0.2, 0.25) is 0 Å². The molecule has 1 N–H and O–H groups in total. The number of aryl methyl sites for hydroxylation is 1. The highest BCUT2D eigenvalue weighted by molar-refractivity contribution is 8.15. The van der Waals surface area contributed by atoms with Crippen molar-refractivity contribution in [2.24, 2.45) is 10.9 Å². The van der Waals surface area contributed by atoms with Crippen LogP contribution >= 0.6 is 11.8 Å². The number of benzene rings is 1. The fourth-order valence-corrected chi connectivity index (χ4v) is 3.53. The van der Waals surface area contributed by atoms with E-state index in [0.29, 0.717) is 22.0 Å². The van der Waals surface area contributed by atoms with Crippen LogP contribution in [0.1, 0.15) is 31.4 Å². The second-order valence-electron chi connectivity index (χ2n) is 5.67. The van der Waals surface area contributed by atoms with Gasteiger partial charge in [-0.3, -0.25) is 4.99 Å². The molecule has 1 aromatic rings. The summed E-state index contributed by atoms with van der Waals surface area (Å²) in [6.45, 7) is 6.50. The number of amidine groups is 1. The summed E-state index contributed by atoms with van der Waals surface area (Å²) < 4.78 is 38.7. The van der Waals surface area contributed by atoms with Crippen molar-refractivity contribution in [3.05, 3.63) is 29.3 Å². The molecule has 1 aliphatic rings. The first kappa shape index (κ1) is 16.2. The van der Waals surface area contributed by atoms with E-state index in [1.807, 2.05) is 0 Å². The summed E-state index contributed by atoms with van der Waals surface area (Å²) in [6, 6.07) is 4.29. The highest BCUT2D eigenvalue weighted by Crippen LogP contribution is 2.34. The first-order valence-electron chi connectivity index (χ1n) is 6.91. The van der Waals surface area contributed by atoms with Crippen LogP contribution in [0.5, 0.6) is 0 Å². The number of hydrogen-bond donors (Lipinski definition) is 1. The number of aliphatic imine (C=N–C) groups is 1. The molecule has 116 valence electrons. The minimum Gasteiger partial charge on any atom is -0.335 e. The van der Waals surface area contributed by atoms with Crippen LogP contribution in [0.4, 0.5) is 18.9 Å². The molecule has 1 heterocycles. The highest BCUT2D eigenvalue weighted by atomic mass is 32.2. The third-order valence-corrected chi connectivity index (χ3v) is 4.37. The van der Waals surface area contributed by atoms with Gasteiger partial charge < -0.3 is 5.32 Å². The Bertz CT molecular complexity index is 538. The smallest absolute Gasteiger partial charge is 0.335 e. The van der Waals surface area contributed by atoms with Crippen molar-refractivity contribution in [3.63, 3.8) is 0 Å². The molecule has 2 nitrogen and oxygen atoms in total. The van der Waals surface area contributed by atoms with Crippen LogP contribution < -0.4 is 5.32 Å². The Hall–Kier alpha value is -1.17. The highest BCUT2D eigenvalue weighted by Gasteiger charge is 2.32. The molecular weight excluding hydrogens is 297 g/mol. The molecule has 0 fully saturated rings. The van der Waals surface area contributed by atoms with Crippen molar-refractivity contribution in [2.45, 2.75) is 38.6 Å². The molecule has 1 unspecified atom stereocenters. The van der Waals surface area contributed by atoms with Crippen LogP contribution in [0.3, 0.4) is 0 Å². The lowest BCUT2D eigenvalue weighted by Crippen LogP contribution is -2.12. The Balaban J connectivity index is 2.05. The Morgan fingerprint density at radius 2 is 2.10 bits per heavy atom. The molecule has 0 aliphatic carbocycles. The lowest BCUT2D eigenvalue weighted by molar-refractivity contribution is -0.138. The van der Waals surface area contributed by atoms with Crippen molar-refractivity contribution in [1.82, 2.24) is 0 Å². The Morgan fingerprint density at radius 1 is 1.38 bits per heavy atom. The fourth-order valence-electron chi connectivity index (χ4n) is 2.26. The molecule has 1 atom stereocenters. The van der Waals surface area contributed by atoms with E-state index in [2.05, 4.69) is 24.2 Å². The summed E-state index contributed by atoms with van der Waals surface area (Å²) in [5.41, 5.74) is 0.0611. The van der Waals surface area contributed by atoms with Gasteiger partial charge in [-0.15, -0.1) is 0 Å². The molecule has 1 aliphatic heterocycles. The zero-order chi connectivity index (χ0) is 15.6. The predicted molar refractivity (Wildman–Crippen MR) is 82.9 cm³/mol. The van der Waals surface area contributed by atoms with E-state index in [9.17, 15) is 13.2 Å². The second kappa shape index (κ2) is 6.30. The van der Waals surface area contributed by atoms with Gasteiger partial charge in [0.1, 0.15) is 0 Å². The monoisotopic (exact) mass is 316 g/mol. The molecule has 0 aromatic heterocycles. The molecule has 0 radical (unpaired) electrons. The van der Waals surface area contributed by atoms with Crippen molar-refractivity contribution in [2.75, 3.05) is 11.9 Å². The third kappa shape index (κ3) is 4.40. The molecule has 0 amide bonds. The quantitative estimate of drug-likeness (QED) is 0.854. The van der Waals surface area contributed by atoms with Crippen molar-refractivity contribution in [1.29, 1.82) is 0 Å². The van der Waals surface area contributed by atoms with Crippen LogP contribution in [0.15, 0.2) is 23.2 Å². The fraction of sp³-hybridized carbons (Fsp3) is 0.533. The molecule has 2 rings (SSSR count). The predicted octanol–water partition coefficient (Wildman–Crippen LogP) is 4.94.